The molecular weight excluding hydrogens is 205 g/mol. The van der Waals surface area contributed by atoms with Gasteiger partial charge in [-0.05, 0) is 23.3 Å². The lowest BCUT2D eigenvalue weighted by atomic mass is 10.0. The van der Waals surface area contributed by atoms with Gasteiger partial charge in [0.15, 0.2) is 0 Å². The normalized spacial score (nSPS) is 19.1. The maximum atomic E-state index is 12.0. The number of fused-ring (bicyclic) bond motifs is 1. The Kier molecular flexibility index (Phi) is 2.21. The second-order valence-electron chi connectivity index (χ2n) is 3.49. The van der Waals surface area contributed by atoms with Crippen LogP contribution in [-0.4, -0.2) is 6.36 Å². The first-order valence-electron chi connectivity index (χ1n) is 4.53. The van der Waals surface area contributed by atoms with Crippen molar-refractivity contribution in [2.75, 3.05) is 0 Å². The Bertz CT molecular complexity index is 407. The molecule has 2 rings (SSSR count). The van der Waals surface area contributed by atoms with Crippen LogP contribution in [0, 0.1) is 0 Å². The number of hydrogen-bond donors (Lipinski definition) is 0. The molecule has 1 nitrogen and oxygen atoms in total. The lowest BCUT2D eigenvalue weighted by molar-refractivity contribution is -0.274. The van der Waals surface area contributed by atoms with E-state index < -0.39 is 6.36 Å². The summed E-state index contributed by atoms with van der Waals surface area (Å²) in [5, 5.41) is 0. The van der Waals surface area contributed by atoms with Crippen molar-refractivity contribution in [1.29, 1.82) is 0 Å². The molecule has 0 radical (unpaired) electrons. The van der Waals surface area contributed by atoms with Crippen LogP contribution in [0.25, 0.3) is 6.08 Å². The van der Waals surface area contributed by atoms with Crippen LogP contribution in [-0.2, 0) is 0 Å². The zero-order chi connectivity index (χ0) is 11.1. The number of halogens is 3. The van der Waals surface area contributed by atoms with E-state index in [1.54, 1.807) is 6.07 Å². The first-order valence-corrected chi connectivity index (χ1v) is 4.53. The molecule has 1 aromatic rings. The summed E-state index contributed by atoms with van der Waals surface area (Å²) in [5.41, 5.74) is 1.83. The Morgan fingerprint density at radius 3 is 2.67 bits per heavy atom. The third-order valence-electron chi connectivity index (χ3n) is 2.35. The molecule has 15 heavy (non-hydrogen) atoms. The highest BCUT2D eigenvalue weighted by molar-refractivity contribution is 5.63. The average Bonchev–Trinajstić information content (AvgIpc) is 2.45. The first-order chi connectivity index (χ1) is 6.96. The molecule has 1 aliphatic rings. The van der Waals surface area contributed by atoms with Gasteiger partial charge in [0, 0.05) is 5.92 Å². The molecule has 4 heteroatoms. The standard InChI is InChI=1S/C11H9F3O/c1-7-2-3-8-4-5-9(6-10(7)8)15-11(12,13)14/h2-7H,1H3. The van der Waals surface area contributed by atoms with Crippen LogP contribution in [0.4, 0.5) is 13.2 Å². The SMILES string of the molecule is CC1C=Cc2ccc(OC(F)(F)F)cc21. The van der Waals surface area contributed by atoms with Crippen LogP contribution in [0.5, 0.6) is 5.75 Å². The van der Waals surface area contributed by atoms with Crippen molar-refractivity contribution in [3.05, 3.63) is 35.4 Å². The molecule has 0 N–H and O–H groups in total. The Hall–Kier alpha value is -1.45. The summed E-state index contributed by atoms with van der Waals surface area (Å²) in [5.74, 6) is -0.00594. The van der Waals surface area contributed by atoms with Gasteiger partial charge in [-0.1, -0.05) is 25.1 Å². The number of ether oxygens (including phenoxy) is 1. The minimum absolute atomic E-state index is 0.150. The molecule has 0 amide bonds. The minimum Gasteiger partial charge on any atom is -0.406 e. The van der Waals surface area contributed by atoms with Gasteiger partial charge in [0.25, 0.3) is 0 Å². The summed E-state index contributed by atoms with van der Waals surface area (Å²) >= 11 is 0. The van der Waals surface area contributed by atoms with Gasteiger partial charge in [0.2, 0.25) is 0 Å². The van der Waals surface area contributed by atoms with Crippen molar-refractivity contribution in [2.24, 2.45) is 0 Å². The minimum atomic E-state index is -4.62. The monoisotopic (exact) mass is 214 g/mol. The van der Waals surface area contributed by atoms with Gasteiger partial charge in [-0.25, -0.2) is 0 Å². The van der Waals surface area contributed by atoms with E-state index in [1.807, 2.05) is 19.1 Å². The van der Waals surface area contributed by atoms with E-state index in [2.05, 4.69) is 4.74 Å². The van der Waals surface area contributed by atoms with Gasteiger partial charge >= 0.3 is 6.36 Å². The second-order valence-corrected chi connectivity index (χ2v) is 3.49. The van der Waals surface area contributed by atoms with Crippen molar-refractivity contribution in [2.45, 2.75) is 19.2 Å². The first kappa shape index (κ1) is 10.1. The van der Waals surface area contributed by atoms with Crippen LogP contribution < -0.4 is 4.74 Å². The summed E-state index contributed by atoms with van der Waals surface area (Å²) in [6.07, 6.45) is -0.775. The summed E-state index contributed by atoms with van der Waals surface area (Å²) in [7, 11) is 0. The van der Waals surface area contributed by atoms with E-state index in [0.29, 0.717) is 0 Å². The zero-order valence-electron chi connectivity index (χ0n) is 8.01. The third-order valence-corrected chi connectivity index (χ3v) is 2.35. The maximum absolute atomic E-state index is 12.0. The van der Waals surface area contributed by atoms with Crippen LogP contribution in [0.15, 0.2) is 24.3 Å². The van der Waals surface area contributed by atoms with Gasteiger partial charge in [-0.2, -0.15) is 0 Å². The number of hydrogen-bond acceptors (Lipinski definition) is 1. The van der Waals surface area contributed by atoms with E-state index in [1.165, 1.54) is 12.1 Å². The average molecular weight is 214 g/mol. The zero-order valence-corrected chi connectivity index (χ0v) is 8.01. The molecule has 0 fully saturated rings. The van der Waals surface area contributed by atoms with Gasteiger partial charge in [-0.15, -0.1) is 13.2 Å². The Balaban J connectivity index is 2.28. The Labute approximate surface area is 85.2 Å². The van der Waals surface area contributed by atoms with Crippen LogP contribution in [0.1, 0.15) is 24.0 Å². The van der Waals surface area contributed by atoms with Gasteiger partial charge in [0.1, 0.15) is 5.75 Å². The molecule has 80 valence electrons. The van der Waals surface area contributed by atoms with Crippen molar-refractivity contribution < 1.29 is 17.9 Å². The van der Waals surface area contributed by atoms with E-state index in [4.69, 9.17) is 0 Å². The molecule has 0 heterocycles. The lowest BCUT2D eigenvalue weighted by Crippen LogP contribution is -2.17. The molecule has 1 aliphatic carbocycles. The summed E-state index contributed by atoms with van der Waals surface area (Å²) in [6, 6.07) is 4.40. The Morgan fingerprint density at radius 1 is 1.27 bits per heavy atom. The van der Waals surface area contributed by atoms with Crippen LogP contribution in [0.3, 0.4) is 0 Å². The molecular formula is C11H9F3O. The summed E-state index contributed by atoms with van der Waals surface area (Å²) < 4.78 is 39.7. The molecule has 0 bridgehead atoms. The number of benzene rings is 1. The van der Waals surface area contributed by atoms with E-state index in [9.17, 15) is 13.2 Å². The highest BCUT2D eigenvalue weighted by atomic mass is 19.4. The quantitative estimate of drug-likeness (QED) is 0.692. The largest absolute Gasteiger partial charge is 0.573 e. The highest BCUT2D eigenvalue weighted by Gasteiger charge is 2.31. The number of allylic oxidation sites excluding steroid dienone is 1. The van der Waals surface area contributed by atoms with Gasteiger partial charge in [-0.3, -0.25) is 0 Å². The number of alkyl halides is 3. The Morgan fingerprint density at radius 2 is 2.00 bits per heavy atom. The highest BCUT2D eigenvalue weighted by Crippen LogP contribution is 2.33. The molecule has 0 aliphatic heterocycles. The summed E-state index contributed by atoms with van der Waals surface area (Å²) in [4.78, 5) is 0. The van der Waals surface area contributed by atoms with Gasteiger partial charge < -0.3 is 4.74 Å². The van der Waals surface area contributed by atoms with Gasteiger partial charge in [0.05, 0.1) is 0 Å². The second kappa shape index (κ2) is 3.29. The fourth-order valence-electron chi connectivity index (χ4n) is 1.65. The fraction of sp³-hybridized carbons (Fsp3) is 0.273. The maximum Gasteiger partial charge on any atom is 0.573 e. The van der Waals surface area contributed by atoms with Crippen molar-refractivity contribution in [1.82, 2.24) is 0 Å². The van der Waals surface area contributed by atoms with E-state index in [0.717, 1.165) is 11.1 Å². The van der Waals surface area contributed by atoms with Crippen LogP contribution in [0.2, 0.25) is 0 Å². The summed E-state index contributed by atoms with van der Waals surface area (Å²) in [6.45, 7) is 1.93. The molecule has 0 saturated heterocycles. The predicted octanol–water partition coefficient (Wildman–Crippen LogP) is 3.72. The smallest absolute Gasteiger partial charge is 0.406 e. The third kappa shape index (κ3) is 2.14. The van der Waals surface area contributed by atoms with Crippen molar-refractivity contribution in [3.8, 4) is 5.75 Å². The predicted molar refractivity (Wildman–Crippen MR) is 50.6 cm³/mol. The molecule has 0 spiro atoms. The topological polar surface area (TPSA) is 9.23 Å². The number of rotatable bonds is 1. The molecule has 1 atom stereocenters. The molecule has 1 unspecified atom stereocenters. The lowest BCUT2D eigenvalue weighted by Gasteiger charge is -2.11. The molecule has 0 aromatic heterocycles. The fourth-order valence-corrected chi connectivity index (χ4v) is 1.65. The van der Waals surface area contributed by atoms with Crippen molar-refractivity contribution in [3.63, 3.8) is 0 Å². The van der Waals surface area contributed by atoms with E-state index in [-0.39, 0.29) is 11.7 Å². The van der Waals surface area contributed by atoms with E-state index >= 15 is 0 Å². The molecule has 1 aromatic carbocycles. The van der Waals surface area contributed by atoms with Crippen LogP contribution >= 0.6 is 0 Å². The molecule has 0 saturated carbocycles. The van der Waals surface area contributed by atoms with Crippen molar-refractivity contribution >= 4 is 6.08 Å².